The number of methoxy groups -OCH3 is 1. The third-order valence-corrected chi connectivity index (χ3v) is 2.72. The Morgan fingerprint density at radius 2 is 1.88 bits per heavy atom. The summed E-state index contributed by atoms with van der Waals surface area (Å²) in [5.41, 5.74) is 0.473. The Hall–Kier alpha value is -0.380. The van der Waals surface area contributed by atoms with Gasteiger partial charge in [0.25, 0.3) is 0 Å². The van der Waals surface area contributed by atoms with Crippen LogP contribution in [0.15, 0.2) is 12.1 Å². The number of aromatic nitrogens is 1. The Morgan fingerprint density at radius 3 is 2.41 bits per heavy atom. The molecule has 0 aliphatic heterocycles. The monoisotopic (exact) mass is 297 g/mol. The first-order chi connectivity index (χ1) is 7.97. The Bertz CT molecular complexity index is 366. The van der Waals surface area contributed by atoms with E-state index in [1.165, 1.54) is 7.11 Å². The van der Waals surface area contributed by atoms with E-state index in [0.717, 1.165) is 12.8 Å². The molecule has 0 aliphatic rings. The van der Waals surface area contributed by atoms with Crippen LogP contribution in [0.5, 0.6) is 11.8 Å². The van der Waals surface area contributed by atoms with E-state index in [4.69, 9.17) is 44.3 Å². The largest absolute Gasteiger partial charge is 0.481 e. The predicted octanol–water partition coefficient (Wildman–Crippen LogP) is 4.10. The molecule has 0 fully saturated rings. The molecule has 0 unspecified atom stereocenters. The molecule has 0 N–H and O–H groups in total. The number of pyridine rings is 1. The van der Waals surface area contributed by atoms with Crippen molar-refractivity contribution in [3.05, 3.63) is 17.7 Å². The van der Waals surface area contributed by atoms with E-state index in [1.807, 2.05) is 0 Å². The minimum Gasteiger partial charge on any atom is -0.481 e. The van der Waals surface area contributed by atoms with Gasteiger partial charge in [-0.05, 0) is 6.42 Å². The Kier molecular flexibility index (Phi) is 5.63. The van der Waals surface area contributed by atoms with Crippen LogP contribution in [0.4, 0.5) is 0 Å². The summed E-state index contributed by atoms with van der Waals surface area (Å²) in [7, 11) is 1.50. The predicted molar refractivity (Wildman–Crippen MR) is 70.4 cm³/mol. The van der Waals surface area contributed by atoms with E-state index in [0.29, 0.717) is 23.9 Å². The van der Waals surface area contributed by atoms with E-state index in [9.17, 15) is 0 Å². The zero-order chi connectivity index (χ0) is 12.9. The molecule has 17 heavy (non-hydrogen) atoms. The number of hydrogen-bond donors (Lipinski definition) is 0. The molecule has 0 bridgehead atoms. The standard InChI is InChI=1S/C11H14Cl3NO2/c1-3-4-5-17-10-7-8(11(12,13)14)6-9(15-10)16-2/h6-7H,3-5H2,1-2H3. The Labute approximate surface area is 116 Å². The first kappa shape index (κ1) is 14.7. The molecule has 0 amide bonds. The normalized spacial score (nSPS) is 11.4. The van der Waals surface area contributed by atoms with Crippen molar-refractivity contribution in [1.82, 2.24) is 4.98 Å². The molecular formula is C11H14Cl3NO2. The van der Waals surface area contributed by atoms with E-state index in [1.54, 1.807) is 12.1 Å². The number of halogens is 3. The molecule has 0 spiro atoms. The molecule has 0 radical (unpaired) electrons. The number of hydrogen-bond acceptors (Lipinski definition) is 3. The van der Waals surface area contributed by atoms with Crippen molar-refractivity contribution in [2.75, 3.05) is 13.7 Å². The van der Waals surface area contributed by atoms with Gasteiger partial charge < -0.3 is 9.47 Å². The fourth-order valence-corrected chi connectivity index (χ4v) is 1.47. The van der Waals surface area contributed by atoms with Crippen LogP contribution in [-0.2, 0) is 3.79 Å². The van der Waals surface area contributed by atoms with Gasteiger partial charge in [-0.3, -0.25) is 0 Å². The molecular weight excluding hydrogens is 284 g/mol. The summed E-state index contributed by atoms with van der Waals surface area (Å²) in [6, 6.07) is 3.17. The van der Waals surface area contributed by atoms with Crippen LogP contribution >= 0.6 is 34.8 Å². The van der Waals surface area contributed by atoms with Gasteiger partial charge in [-0.15, -0.1) is 0 Å². The van der Waals surface area contributed by atoms with E-state index in [2.05, 4.69) is 11.9 Å². The van der Waals surface area contributed by atoms with Crippen molar-refractivity contribution >= 4 is 34.8 Å². The summed E-state index contributed by atoms with van der Waals surface area (Å²) in [6.07, 6.45) is 1.99. The number of nitrogens with zero attached hydrogens (tertiary/aromatic N) is 1. The van der Waals surface area contributed by atoms with Crippen molar-refractivity contribution in [1.29, 1.82) is 0 Å². The molecule has 96 valence electrons. The van der Waals surface area contributed by atoms with Gasteiger partial charge in [-0.1, -0.05) is 48.1 Å². The summed E-state index contributed by atoms with van der Waals surface area (Å²) in [4.78, 5) is 4.12. The van der Waals surface area contributed by atoms with Crippen molar-refractivity contribution in [2.45, 2.75) is 23.6 Å². The minimum absolute atomic E-state index is 0.361. The summed E-state index contributed by atoms with van der Waals surface area (Å²) >= 11 is 17.4. The van der Waals surface area contributed by atoms with Crippen molar-refractivity contribution in [2.24, 2.45) is 0 Å². The second-order valence-electron chi connectivity index (χ2n) is 3.44. The highest BCUT2D eigenvalue weighted by molar-refractivity contribution is 6.66. The van der Waals surface area contributed by atoms with Crippen molar-refractivity contribution < 1.29 is 9.47 Å². The number of ether oxygens (including phenoxy) is 2. The molecule has 0 atom stereocenters. The van der Waals surface area contributed by atoms with Gasteiger partial charge in [-0.2, -0.15) is 4.98 Å². The van der Waals surface area contributed by atoms with Crippen molar-refractivity contribution in [3.8, 4) is 11.8 Å². The summed E-state index contributed by atoms with van der Waals surface area (Å²) in [6.45, 7) is 2.66. The lowest BCUT2D eigenvalue weighted by atomic mass is 10.3. The maximum Gasteiger partial charge on any atom is 0.216 e. The van der Waals surface area contributed by atoms with Gasteiger partial charge >= 0.3 is 0 Å². The van der Waals surface area contributed by atoms with Crippen LogP contribution in [-0.4, -0.2) is 18.7 Å². The highest BCUT2D eigenvalue weighted by Crippen LogP contribution is 2.40. The molecule has 1 aromatic rings. The highest BCUT2D eigenvalue weighted by Gasteiger charge is 2.25. The minimum atomic E-state index is -1.51. The van der Waals surface area contributed by atoms with E-state index in [-0.39, 0.29) is 0 Å². The second-order valence-corrected chi connectivity index (χ2v) is 5.72. The van der Waals surface area contributed by atoms with E-state index < -0.39 is 3.79 Å². The third-order valence-electron chi connectivity index (χ3n) is 2.06. The van der Waals surface area contributed by atoms with Crippen LogP contribution in [0.2, 0.25) is 0 Å². The van der Waals surface area contributed by atoms with Gasteiger partial charge in [0.05, 0.1) is 13.7 Å². The highest BCUT2D eigenvalue weighted by atomic mass is 35.6. The lowest BCUT2D eigenvalue weighted by molar-refractivity contribution is 0.290. The van der Waals surface area contributed by atoms with Gasteiger partial charge in [-0.25, -0.2) is 0 Å². The average Bonchev–Trinajstić information content (AvgIpc) is 2.28. The zero-order valence-corrected chi connectivity index (χ0v) is 11.9. The SMILES string of the molecule is CCCCOc1cc(C(Cl)(Cl)Cl)cc(OC)n1. The quantitative estimate of drug-likeness (QED) is 0.606. The molecule has 0 saturated carbocycles. The fraction of sp³-hybridized carbons (Fsp3) is 0.545. The molecule has 1 heterocycles. The first-order valence-electron chi connectivity index (χ1n) is 5.23. The topological polar surface area (TPSA) is 31.4 Å². The number of unbranched alkanes of at least 4 members (excludes halogenated alkanes) is 1. The summed E-state index contributed by atoms with van der Waals surface area (Å²) < 4.78 is 8.97. The molecule has 1 rings (SSSR count). The average molecular weight is 299 g/mol. The van der Waals surface area contributed by atoms with Crippen LogP contribution < -0.4 is 9.47 Å². The van der Waals surface area contributed by atoms with Crippen LogP contribution in [0.25, 0.3) is 0 Å². The molecule has 0 saturated heterocycles. The summed E-state index contributed by atoms with van der Waals surface area (Å²) in [5, 5.41) is 0. The summed E-state index contributed by atoms with van der Waals surface area (Å²) in [5.74, 6) is 0.763. The molecule has 0 aromatic carbocycles. The molecule has 6 heteroatoms. The van der Waals surface area contributed by atoms with E-state index >= 15 is 0 Å². The Balaban J connectivity index is 2.89. The number of alkyl halides is 3. The first-order valence-corrected chi connectivity index (χ1v) is 6.37. The lowest BCUT2D eigenvalue weighted by Gasteiger charge is -2.14. The second kappa shape index (κ2) is 6.53. The van der Waals surface area contributed by atoms with Crippen LogP contribution in [0.3, 0.4) is 0 Å². The zero-order valence-electron chi connectivity index (χ0n) is 9.67. The van der Waals surface area contributed by atoms with Crippen molar-refractivity contribution in [3.63, 3.8) is 0 Å². The van der Waals surface area contributed by atoms with Crippen LogP contribution in [0, 0.1) is 0 Å². The van der Waals surface area contributed by atoms with Gasteiger partial charge in [0.1, 0.15) is 0 Å². The maximum atomic E-state index is 5.81. The maximum absolute atomic E-state index is 5.81. The smallest absolute Gasteiger partial charge is 0.216 e. The fourth-order valence-electron chi connectivity index (χ4n) is 1.14. The molecule has 0 aliphatic carbocycles. The number of rotatable bonds is 5. The van der Waals surface area contributed by atoms with Gasteiger partial charge in [0, 0.05) is 17.7 Å². The molecule has 1 aromatic heterocycles. The van der Waals surface area contributed by atoms with Crippen LogP contribution in [0.1, 0.15) is 25.3 Å². The third kappa shape index (κ3) is 4.78. The van der Waals surface area contributed by atoms with Gasteiger partial charge in [0.2, 0.25) is 15.6 Å². The Morgan fingerprint density at radius 1 is 1.24 bits per heavy atom. The lowest BCUT2D eigenvalue weighted by Crippen LogP contribution is -2.05. The van der Waals surface area contributed by atoms with Gasteiger partial charge in [0.15, 0.2) is 0 Å². The molecule has 3 nitrogen and oxygen atoms in total.